The van der Waals surface area contributed by atoms with Crippen LogP contribution in [-0.4, -0.2) is 16.9 Å². The van der Waals surface area contributed by atoms with Crippen LogP contribution in [0.25, 0.3) is 6.08 Å². The highest BCUT2D eigenvalue weighted by Gasteiger charge is 2.32. The second kappa shape index (κ2) is 5.61. The Kier molecular flexibility index (Phi) is 4.38. The molecule has 102 valence electrons. The maximum absolute atomic E-state index is 12.4. The third-order valence-corrected chi connectivity index (χ3v) is 2.10. The Hall–Kier alpha value is -2.23. The van der Waals surface area contributed by atoms with Crippen LogP contribution in [0.15, 0.2) is 17.7 Å². The number of rotatable bonds is 3. The Morgan fingerprint density at radius 2 is 2.11 bits per heavy atom. The SMILES string of the molecule is CC(C)NC(=O)C(C#N)=Cc1ccc(C(F)(F)F)[nH]1. The summed E-state index contributed by atoms with van der Waals surface area (Å²) in [6, 6.07) is 3.49. The van der Waals surface area contributed by atoms with E-state index in [-0.39, 0.29) is 17.3 Å². The van der Waals surface area contributed by atoms with Crippen LogP contribution in [0.3, 0.4) is 0 Å². The van der Waals surface area contributed by atoms with Gasteiger partial charge >= 0.3 is 6.18 Å². The van der Waals surface area contributed by atoms with Crippen LogP contribution in [0.4, 0.5) is 13.2 Å². The molecule has 1 rings (SSSR count). The first kappa shape index (κ1) is 14.8. The van der Waals surface area contributed by atoms with Gasteiger partial charge in [0.1, 0.15) is 17.3 Å². The normalized spacial score (nSPS) is 12.4. The molecule has 4 nitrogen and oxygen atoms in total. The van der Waals surface area contributed by atoms with E-state index in [4.69, 9.17) is 5.26 Å². The third kappa shape index (κ3) is 4.17. The van der Waals surface area contributed by atoms with Gasteiger partial charge < -0.3 is 10.3 Å². The van der Waals surface area contributed by atoms with Crippen molar-refractivity contribution in [1.29, 1.82) is 5.26 Å². The number of halogens is 3. The van der Waals surface area contributed by atoms with Crippen molar-refractivity contribution < 1.29 is 18.0 Å². The van der Waals surface area contributed by atoms with E-state index in [0.29, 0.717) is 0 Å². The van der Waals surface area contributed by atoms with Gasteiger partial charge in [0.05, 0.1) is 0 Å². The molecule has 1 aromatic heterocycles. The van der Waals surface area contributed by atoms with E-state index in [1.807, 2.05) is 0 Å². The van der Waals surface area contributed by atoms with Gasteiger partial charge in [0, 0.05) is 11.7 Å². The molecule has 0 aromatic carbocycles. The van der Waals surface area contributed by atoms with Crippen molar-refractivity contribution >= 4 is 12.0 Å². The van der Waals surface area contributed by atoms with Crippen LogP contribution in [-0.2, 0) is 11.0 Å². The fourth-order valence-corrected chi connectivity index (χ4v) is 1.31. The monoisotopic (exact) mass is 271 g/mol. The van der Waals surface area contributed by atoms with Crippen molar-refractivity contribution in [3.8, 4) is 6.07 Å². The fraction of sp³-hybridized carbons (Fsp3) is 0.333. The van der Waals surface area contributed by atoms with Gasteiger partial charge in [0.2, 0.25) is 0 Å². The molecular weight excluding hydrogens is 259 g/mol. The molecule has 0 aliphatic heterocycles. The van der Waals surface area contributed by atoms with Gasteiger partial charge in [-0.15, -0.1) is 0 Å². The van der Waals surface area contributed by atoms with E-state index in [2.05, 4.69) is 10.3 Å². The van der Waals surface area contributed by atoms with Crippen LogP contribution in [0.1, 0.15) is 25.2 Å². The molecule has 7 heteroatoms. The van der Waals surface area contributed by atoms with E-state index < -0.39 is 17.8 Å². The molecule has 0 spiro atoms. The van der Waals surface area contributed by atoms with E-state index in [0.717, 1.165) is 18.2 Å². The van der Waals surface area contributed by atoms with Gasteiger partial charge in [-0.2, -0.15) is 18.4 Å². The minimum absolute atomic E-state index is 0.0442. The summed E-state index contributed by atoms with van der Waals surface area (Å²) in [5.74, 6) is -0.624. The molecule has 0 unspecified atom stereocenters. The second-order valence-corrected chi connectivity index (χ2v) is 4.12. The molecule has 19 heavy (non-hydrogen) atoms. The van der Waals surface area contributed by atoms with Gasteiger partial charge in [-0.05, 0) is 32.1 Å². The third-order valence-electron chi connectivity index (χ3n) is 2.10. The molecule has 1 aromatic rings. The van der Waals surface area contributed by atoms with Gasteiger partial charge in [-0.25, -0.2) is 0 Å². The summed E-state index contributed by atoms with van der Waals surface area (Å²) in [5.41, 5.74) is -1.15. The molecule has 0 atom stereocenters. The number of hydrogen-bond acceptors (Lipinski definition) is 2. The molecule has 1 amide bonds. The molecule has 0 saturated heterocycles. The number of alkyl halides is 3. The standard InChI is InChI=1S/C12H12F3N3O/c1-7(2)17-11(19)8(6-16)5-9-3-4-10(18-9)12(13,14)15/h3-5,7,18H,1-2H3,(H,17,19). The Bertz CT molecular complexity index is 535. The lowest BCUT2D eigenvalue weighted by atomic mass is 10.2. The zero-order valence-corrected chi connectivity index (χ0v) is 10.3. The average Bonchev–Trinajstić information content (AvgIpc) is 2.72. The highest BCUT2D eigenvalue weighted by Crippen LogP contribution is 2.28. The lowest BCUT2D eigenvalue weighted by Crippen LogP contribution is -2.30. The first-order valence-electron chi connectivity index (χ1n) is 5.43. The number of aromatic nitrogens is 1. The molecule has 0 aliphatic carbocycles. The minimum Gasteiger partial charge on any atom is -0.351 e. The summed E-state index contributed by atoms with van der Waals surface area (Å²) in [5, 5.41) is 11.3. The lowest BCUT2D eigenvalue weighted by Gasteiger charge is -2.06. The number of nitrogens with one attached hydrogen (secondary N) is 2. The Morgan fingerprint density at radius 1 is 1.47 bits per heavy atom. The van der Waals surface area contributed by atoms with Crippen LogP contribution in [0.5, 0.6) is 0 Å². The summed E-state index contributed by atoms with van der Waals surface area (Å²) in [6.45, 7) is 3.42. The van der Waals surface area contributed by atoms with Crippen LogP contribution >= 0.6 is 0 Å². The van der Waals surface area contributed by atoms with Crippen LogP contribution < -0.4 is 5.32 Å². The van der Waals surface area contributed by atoms with Gasteiger partial charge in [0.25, 0.3) is 5.91 Å². The molecule has 2 N–H and O–H groups in total. The van der Waals surface area contributed by atoms with Crippen molar-refractivity contribution in [2.45, 2.75) is 26.1 Å². The quantitative estimate of drug-likeness (QED) is 0.655. The summed E-state index contributed by atoms with van der Waals surface area (Å²) < 4.78 is 37.1. The largest absolute Gasteiger partial charge is 0.431 e. The Morgan fingerprint density at radius 3 is 2.53 bits per heavy atom. The number of H-pyrrole nitrogens is 1. The maximum Gasteiger partial charge on any atom is 0.431 e. The molecule has 0 radical (unpaired) electrons. The van der Waals surface area contributed by atoms with Crippen molar-refractivity contribution in [1.82, 2.24) is 10.3 Å². The summed E-state index contributed by atoms with van der Waals surface area (Å²) in [4.78, 5) is 13.6. The topological polar surface area (TPSA) is 68.7 Å². The maximum atomic E-state index is 12.4. The minimum atomic E-state index is -4.49. The molecule has 0 fully saturated rings. The number of nitrogens with zero attached hydrogens (tertiary/aromatic N) is 1. The molecule has 0 aliphatic rings. The predicted molar refractivity (Wildman–Crippen MR) is 62.7 cm³/mol. The average molecular weight is 271 g/mol. The zero-order chi connectivity index (χ0) is 14.6. The highest BCUT2D eigenvalue weighted by molar-refractivity contribution is 6.01. The predicted octanol–water partition coefficient (Wildman–Crippen LogP) is 2.47. The fourth-order valence-electron chi connectivity index (χ4n) is 1.31. The number of carbonyl (C=O) groups is 1. The number of aromatic amines is 1. The highest BCUT2D eigenvalue weighted by atomic mass is 19.4. The second-order valence-electron chi connectivity index (χ2n) is 4.12. The van der Waals surface area contributed by atoms with Gasteiger partial charge in [0.15, 0.2) is 0 Å². The smallest absolute Gasteiger partial charge is 0.351 e. The molecular formula is C12H12F3N3O. The summed E-state index contributed by atoms with van der Waals surface area (Å²) >= 11 is 0. The van der Waals surface area contributed by atoms with Gasteiger partial charge in [-0.3, -0.25) is 4.79 Å². The number of carbonyl (C=O) groups excluding carboxylic acids is 1. The number of amides is 1. The summed E-state index contributed by atoms with van der Waals surface area (Å²) in [6.07, 6.45) is -3.41. The molecule has 1 heterocycles. The lowest BCUT2D eigenvalue weighted by molar-refractivity contribution is -0.140. The van der Waals surface area contributed by atoms with E-state index in [9.17, 15) is 18.0 Å². The Labute approximate surface area is 107 Å². The number of hydrogen-bond donors (Lipinski definition) is 2. The van der Waals surface area contributed by atoms with Crippen molar-refractivity contribution in [2.24, 2.45) is 0 Å². The van der Waals surface area contributed by atoms with Crippen molar-refractivity contribution in [3.63, 3.8) is 0 Å². The van der Waals surface area contributed by atoms with Crippen LogP contribution in [0, 0.1) is 11.3 Å². The summed E-state index contributed by atoms with van der Waals surface area (Å²) in [7, 11) is 0. The zero-order valence-electron chi connectivity index (χ0n) is 10.3. The first-order valence-corrected chi connectivity index (χ1v) is 5.43. The van der Waals surface area contributed by atoms with E-state index in [1.54, 1.807) is 19.9 Å². The van der Waals surface area contributed by atoms with Crippen LogP contribution in [0.2, 0.25) is 0 Å². The number of nitriles is 1. The van der Waals surface area contributed by atoms with Gasteiger partial charge in [-0.1, -0.05) is 0 Å². The molecule has 0 saturated carbocycles. The van der Waals surface area contributed by atoms with E-state index >= 15 is 0 Å². The van der Waals surface area contributed by atoms with Crippen molar-refractivity contribution in [3.05, 3.63) is 29.1 Å². The Balaban J connectivity index is 2.97. The van der Waals surface area contributed by atoms with E-state index in [1.165, 1.54) is 0 Å². The molecule has 0 bridgehead atoms. The first-order chi connectivity index (χ1) is 8.74. The van der Waals surface area contributed by atoms with Crippen molar-refractivity contribution in [2.75, 3.05) is 0 Å².